The van der Waals surface area contributed by atoms with Crippen molar-refractivity contribution < 1.29 is 23.9 Å². The van der Waals surface area contributed by atoms with E-state index in [0.717, 1.165) is 38.5 Å². The Balaban J connectivity index is 1.69. The molecule has 2 fully saturated rings. The van der Waals surface area contributed by atoms with Crippen molar-refractivity contribution in [1.82, 2.24) is 0 Å². The van der Waals surface area contributed by atoms with E-state index in [1.807, 2.05) is 24.3 Å². The molecule has 2 saturated carbocycles. The Labute approximate surface area is 178 Å². The monoisotopic (exact) mass is 412 g/mol. The molecule has 2 aliphatic rings. The number of carbonyl (C=O) groups is 3. The zero-order chi connectivity index (χ0) is 21.5. The van der Waals surface area contributed by atoms with Crippen LogP contribution >= 0.6 is 0 Å². The van der Waals surface area contributed by atoms with Gasteiger partial charge in [-0.05, 0) is 55.7 Å². The second-order valence-electron chi connectivity index (χ2n) is 8.53. The first kappa shape index (κ1) is 22.3. The van der Waals surface area contributed by atoms with Crippen LogP contribution in [-0.2, 0) is 19.1 Å². The van der Waals surface area contributed by atoms with E-state index in [4.69, 9.17) is 9.47 Å². The number of ether oxygens (including phenoxy) is 2. The van der Waals surface area contributed by atoms with Gasteiger partial charge >= 0.3 is 11.9 Å². The highest BCUT2D eigenvalue weighted by molar-refractivity contribution is 5.90. The Morgan fingerprint density at radius 2 is 1.80 bits per heavy atom. The highest BCUT2D eigenvalue weighted by Gasteiger charge is 2.50. The first-order valence-corrected chi connectivity index (χ1v) is 11.1. The maximum absolute atomic E-state index is 12.6. The Hall–Kier alpha value is -2.43. The number of benzene rings is 1. The molecule has 0 N–H and O–H groups in total. The normalized spacial score (nSPS) is 27.7. The third-order valence-corrected chi connectivity index (χ3v) is 6.30. The summed E-state index contributed by atoms with van der Waals surface area (Å²) in [5.41, 5.74) is 0.533. The fourth-order valence-corrected chi connectivity index (χ4v) is 4.93. The second kappa shape index (κ2) is 10.6. The maximum Gasteiger partial charge on any atom is 0.338 e. The lowest BCUT2D eigenvalue weighted by atomic mass is 9.90. The van der Waals surface area contributed by atoms with E-state index in [0.29, 0.717) is 17.9 Å². The lowest BCUT2D eigenvalue weighted by Crippen LogP contribution is -2.26. The molecule has 5 atom stereocenters. The van der Waals surface area contributed by atoms with Gasteiger partial charge in [-0.25, -0.2) is 4.79 Å². The van der Waals surface area contributed by atoms with Crippen LogP contribution in [0.2, 0.25) is 0 Å². The van der Waals surface area contributed by atoms with Gasteiger partial charge in [-0.1, -0.05) is 44.0 Å². The predicted molar refractivity (Wildman–Crippen MR) is 114 cm³/mol. The molecule has 0 aromatic heterocycles. The number of ketones is 1. The van der Waals surface area contributed by atoms with Gasteiger partial charge in [0, 0.05) is 19.3 Å². The van der Waals surface area contributed by atoms with Gasteiger partial charge in [0.1, 0.15) is 12.2 Å². The van der Waals surface area contributed by atoms with Crippen molar-refractivity contribution in [1.29, 1.82) is 0 Å². The quantitative estimate of drug-likeness (QED) is 0.328. The summed E-state index contributed by atoms with van der Waals surface area (Å²) in [6, 6.07) is 8.99. The first-order valence-electron chi connectivity index (χ1n) is 11.1. The van der Waals surface area contributed by atoms with Gasteiger partial charge < -0.3 is 9.47 Å². The topological polar surface area (TPSA) is 69.7 Å². The zero-order valence-corrected chi connectivity index (χ0v) is 17.9. The van der Waals surface area contributed by atoms with Gasteiger partial charge in [-0.2, -0.15) is 0 Å². The molecule has 0 heterocycles. The van der Waals surface area contributed by atoms with Crippen LogP contribution in [0.5, 0.6) is 0 Å². The third-order valence-electron chi connectivity index (χ3n) is 6.30. The smallest absolute Gasteiger partial charge is 0.338 e. The molecule has 0 aliphatic heterocycles. The van der Waals surface area contributed by atoms with Crippen LogP contribution in [0.1, 0.15) is 69.2 Å². The minimum Gasteiger partial charge on any atom is -0.463 e. The third kappa shape index (κ3) is 5.80. The van der Waals surface area contributed by atoms with Gasteiger partial charge in [-0.15, -0.1) is 0 Å². The van der Waals surface area contributed by atoms with Crippen LogP contribution < -0.4 is 0 Å². The molecule has 1 aromatic rings. The van der Waals surface area contributed by atoms with E-state index in [-0.39, 0.29) is 41.8 Å². The van der Waals surface area contributed by atoms with Crippen molar-refractivity contribution in [3.05, 3.63) is 48.0 Å². The fraction of sp³-hybridized carbons (Fsp3) is 0.560. The molecule has 1 aromatic carbocycles. The van der Waals surface area contributed by atoms with E-state index in [1.54, 1.807) is 18.2 Å². The minimum atomic E-state index is -0.329. The van der Waals surface area contributed by atoms with Crippen LogP contribution in [0.3, 0.4) is 0 Å². The molecule has 0 bridgehead atoms. The van der Waals surface area contributed by atoms with Crippen LogP contribution in [0.25, 0.3) is 0 Å². The number of rotatable bonds is 9. The highest BCUT2D eigenvalue weighted by atomic mass is 16.5. The number of hydrogen-bond acceptors (Lipinski definition) is 5. The van der Waals surface area contributed by atoms with Crippen LogP contribution in [0, 0.1) is 17.8 Å². The van der Waals surface area contributed by atoms with E-state index < -0.39 is 0 Å². The molecule has 0 radical (unpaired) electrons. The highest BCUT2D eigenvalue weighted by Crippen LogP contribution is 2.50. The number of unbranched alkanes of at least 4 members (excludes halogenated alkanes) is 2. The minimum absolute atomic E-state index is 0.0293. The van der Waals surface area contributed by atoms with Gasteiger partial charge in [0.25, 0.3) is 0 Å². The van der Waals surface area contributed by atoms with Crippen molar-refractivity contribution in [2.24, 2.45) is 17.8 Å². The van der Waals surface area contributed by atoms with Gasteiger partial charge in [0.15, 0.2) is 5.78 Å². The first-order chi connectivity index (χ1) is 14.5. The standard InChI is InChI=1S/C25H32O5/c1-3-4-6-11-20(27)12-13-22-23-16-21(29-17(2)26)14-19(23)15-24(22)30-25(28)18-9-7-5-8-10-18/h5,7-10,12-13,19,21-24H,3-4,6,11,14-16H2,1-2H3/t19-,21?,22?,23-,24?/m1/s1. The molecule has 5 nitrogen and oxygen atoms in total. The van der Waals surface area contributed by atoms with Crippen molar-refractivity contribution in [2.75, 3.05) is 0 Å². The molecule has 0 amide bonds. The van der Waals surface area contributed by atoms with E-state index in [1.165, 1.54) is 6.92 Å². The number of hydrogen-bond donors (Lipinski definition) is 0. The Morgan fingerprint density at radius 3 is 2.50 bits per heavy atom. The summed E-state index contributed by atoms with van der Waals surface area (Å²) in [5.74, 6) is 0.0818. The number of esters is 2. The van der Waals surface area contributed by atoms with E-state index in [2.05, 4.69) is 6.92 Å². The molecule has 0 saturated heterocycles. The Kier molecular flexibility index (Phi) is 7.83. The molecule has 0 spiro atoms. The molecular weight excluding hydrogens is 380 g/mol. The number of carbonyl (C=O) groups excluding carboxylic acids is 3. The summed E-state index contributed by atoms with van der Waals surface area (Å²) in [4.78, 5) is 36.2. The number of allylic oxidation sites excluding steroid dienone is 1. The van der Waals surface area contributed by atoms with Gasteiger partial charge in [0.2, 0.25) is 0 Å². The van der Waals surface area contributed by atoms with E-state index >= 15 is 0 Å². The molecule has 5 heteroatoms. The molecule has 162 valence electrons. The lowest BCUT2D eigenvalue weighted by molar-refractivity contribution is -0.146. The van der Waals surface area contributed by atoms with Crippen molar-refractivity contribution >= 4 is 17.7 Å². The van der Waals surface area contributed by atoms with Gasteiger partial charge in [-0.3, -0.25) is 9.59 Å². The summed E-state index contributed by atoms with van der Waals surface area (Å²) in [6.07, 6.45) is 9.13. The molecule has 30 heavy (non-hydrogen) atoms. The molecule has 3 unspecified atom stereocenters. The summed E-state index contributed by atoms with van der Waals surface area (Å²) in [7, 11) is 0. The summed E-state index contributed by atoms with van der Waals surface area (Å²) in [5, 5.41) is 0. The van der Waals surface area contributed by atoms with Crippen LogP contribution in [0.15, 0.2) is 42.5 Å². The van der Waals surface area contributed by atoms with E-state index in [9.17, 15) is 14.4 Å². The van der Waals surface area contributed by atoms with Crippen molar-refractivity contribution in [3.63, 3.8) is 0 Å². The average molecular weight is 413 g/mol. The average Bonchev–Trinajstić information content (AvgIpc) is 3.23. The largest absolute Gasteiger partial charge is 0.463 e. The van der Waals surface area contributed by atoms with Crippen molar-refractivity contribution in [2.45, 2.75) is 71.0 Å². The second-order valence-corrected chi connectivity index (χ2v) is 8.53. The summed E-state index contributed by atoms with van der Waals surface area (Å²) in [6.45, 7) is 3.55. The van der Waals surface area contributed by atoms with Crippen LogP contribution in [-0.4, -0.2) is 29.9 Å². The summed E-state index contributed by atoms with van der Waals surface area (Å²) < 4.78 is 11.3. The SMILES string of the molecule is CCCCCC(=O)C=CC1C(OC(=O)c2ccccc2)C[C@H]2CC(OC(C)=O)C[C@@H]12. The Morgan fingerprint density at radius 1 is 1.03 bits per heavy atom. The molecule has 3 rings (SSSR count). The lowest BCUT2D eigenvalue weighted by Gasteiger charge is -2.22. The number of fused-ring (bicyclic) bond motifs is 1. The maximum atomic E-state index is 12.6. The predicted octanol–water partition coefficient (Wildman–Crippen LogP) is 4.90. The van der Waals surface area contributed by atoms with Gasteiger partial charge in [0.05, 0.1) is 5.56 Å². The van der Waals surface area contributed by atoms with Crippen molar-refractivity contribution in [3.8, 4) is 0 Å². The summed E-state index contributed by atoms with van der Waals surface area (Å²) >= 11 is 0. The molecular formula is C25H32O5. The fourth-order valence-electron chi connectivity index (χ4n) is 4.93. The van der Waals surface area contributed by atoms with Crippen LogP contribution in [0.4, 0.5) is 0 Å². The zero-order valence-electron chi connectivity index (χ0n) is 17.9. The Bertz CT molecular complexity index is 769. The molecule has 2 aliphatic carbocycles.